The second kappa shape index (κ2) is 4.19. The minimum Gasteiger partial charge on any atom is -0.481 e. The summed E-state index contributed by atoms with van der Waals surface area (Å²) in [6.07, 6.45) is 2.33. The van der Waals surface area contributed by atoms with Crippen LogP contribution < -0.4 is 0 Å². The largest absolute Gasteiger partial charge is 0.481 e. The van der Waals surface area contributed by atoms with Gasteiger partial charge in [0.15, 0.2) is 0 Å². The highest BCUT2D eigenvalue weighted by molar-refractivity contribution is 5.72. The maximum atomic E-state index is 11.7. The van der Waals surface area contributed by atoms with Crippen molar-refractivity contribution in [3.63, 3.8) is 0 Å². The van der Waals surface area contributed by atoms with Crippen LogP contribution in [0.25, 0.3) is 0 Å². The molecule has 3 N–H and O–H groups in total. The van der Waals surface area contributed by atoms with Crippen LogP contribution in [0.3, 0.4) is 0 Å². The number of aliphatic hydroxyl groups is 2. The highest BCUT2D eigenvalue weighted by atomic mass is 16.4. The van der Waals surface area contributed by atoms with Crippen LogP contribution in [-0.2, 0) is 4.79 Å². The number of aliphatic carboxylic acids is 1. The molecule has 2 saturated carbocycles. The van der Waals surface area contributed by atoms with Gasteiger partial charge in [-0.15, -0.1) is 0 Å². The zero-order chi connectivity index (χ0) is 14.6. The SMILES string of the molecule is C[C@@H]1CC[C@@H]2C(C)(C)C[C@](C)(CO)[C@]2(O)[C@@H]1C(=O)O. The van der Waals surface area contributed by atoms with E-state index in [1.807, 2.05) is 13.8 Å². The molecule has 19 heavy (non-hydrogen) atoms. The number of rotatable bonds is 2. The summed E-state index contributed by atoms with van der Waals surface area (Å²) in [5.41, 5.74) is -2.19. The van der Waals surface area contributed by atoms with Crippen LogP contribution in [0.4, 0.5) is 0 Å². The molecular weight excluding hydrogens is 244 g/mol. The lowest BCUT2D eigenvalue weighted by Crippen LogP contribution is -2.61. The number of carboxylic acid groups (broad SMARTS) is 1. The molecule has 5 atom stereocenters. The molecule has 2 fully saturated rings. The summed E-state index contributed by atoms with van der Waals surface area (Å²) in [5, 5.41) is 30.7. The predicted octanol–water partition coefficient (Wildman–Crippen LogP) is 1.89. The topological polar surface area (TPSA) is 77.8 Å². The van der Waals surface area contributed by atoms with Crippen molar-refractivity contribution in [3.8, 4) is 0 Å². The Balaban J connectivity index is 2.57. The molecule has 0 aromatic carbocycles. The molecule has 2 aliphatic carbocycles. The van der Waals surface area contributed by atoms with E-state index in [4.69, 9.17) is 0 Å². The van der Waals surface area contributed by atoms with E-state index in [1.54, 1.807) is 0 Å². The molecule has 0 heterocycles. The van der Waals surface area contributed by atoms with Crippen LogP contribution in [-0.4, -0.2) is 33.5 Å². The minimum atomic E-state index is -1.31. The molecule has 2 aliphatic rings. The molecule has 0 amide bonds. The molecule has 0 saturated heterocycles. The van der Waals surface area contributed by atoms with Crippen molar-refractivity contribution in [2.45, 2.75) is 52.6 Å². The predicted molar refractivity (Wildman–Crippen MR) is 71.6 cm³/mol. The molecule has 0 aromatic rings. The molecule has 4 nitrogen and oxygen atoms in total. The second-order valence-corrected chi connectivity index (χ2v) is 7.63. The summed E-state index contributed by atoms with van der Waals surface area (Å²) in [7, 11) is 0. The molecule has 0 spiro atoms. The van der Waals surface area contributed by atoms with E-state index < -0.39 is 22.9 Å². The second-order valence-electron chi connectivity index (χ2n) is 7.63. The molecule has 0 bridgehead atoms. The van der Waals surface area contributed by atoms with Crippen molar-refractivity contribution in [2.75, 3.05) is 6.61 Å². The number of aliphatic hydroxyl groups excluding tert-OH is 1. The van der Waals surface area contributed by atoms with E-state index in [2.05, 4.69) is 13.8 Å². The van der Waals surface area contributed by atoms with Gasteiger partial charge in [-0.2, -0.15) is 0 Å². The highest BCUT2D eigenvalue weighted by Gasteiger charge is 2.70. The fourth-order valence-electron chi connectivity index (χ4n) is 5.13. The Bertz CT molecular complexity index is 392. The Morgan fingerprint density at radius 1 is 1.26 bits per heavy atom. The number of carbonyl (C=O) groups is 1. The van der Waals surface area contributed by atoms with Gasteiger partial charge in [0.25, 0.3) is 0 Å². The van der Waals surface area contributed by atoms with Crippen LogP contribution in [0.5, 0.6) is 0 Å². The molecular formula is C15H26O4. The Hall–Kier alpha value is -0.610. The van der Waals surface area contributed by atoms with Gasteiger partial charge in [-0.25, -0.2) is 0 Å². The third-order valence-corrected chi connectivity index (χ3v) is 5.86. The standard InChI is InChI=1S/C15H26O4/c1-9-5-6-10-13(2,3)7-14(4,8-16)15(10,19)11(9)12(17)18/h9-11,16,19H,5-8H2,1-4H3,(H,17,18)/t9-,10-,11+,14-,15-/m1/s1. The maximum absolute atomic E-state index is 11.7. The zero-order valence-electron chi connectivity index (χ0n) is 12.3. The first-order chi connectivity index (χ1) is 8.60. The van der Waals surface area contributed by atoms with Gasteiger partial charge in [-0.3, -0.25) is 4.79 Å². The number of hydrogen-bond acceptors (Lipinski definition) is 3. The van der Waals surface area contributed by atoms with Crippen molar-refractivity contribution in [2.24, 2.45) is 28.6 Å². The smallest absolute Gasteiger partial charge is 0.309 e. The summed E-state index contributed by atoms with van der Waals surface area (Å²) in [5.74, 6) is -1.84. The Kier molecular flexibility index (Phi) is 3.26. The molecule has 0 aromatic heterocycles. The Morgan fingerprint density at radius 3 is 2.32 bits per heavy atom. The molecule has 110 valence electrons. The van der Waals surface area contributed by atoms with Gasteiger partial charge < -0.3 is 15.3 Å². The fraction of sp³-hybridized carbons (Fsp3) is 0.933. The third kappa shape index (κ3) is 1.76. The average Bonchev–Trinajstić information content (AvgIpc) is 2.42. The Morgan fingerprint density at radius 2 is 1.84 bits per heavy atom. The maximum Gasteiger partial charge on any atom is 0.309 e. The van der Waals surface area contributed by atoms with E-state index in [1.165, 1.54) is 0 Å². The van der Waals surface area contributed by atoms with Crippen molar-refractivity contribution in [3.05, 3.63) is 0 Å². The van der Waals surface area contributed by atoms with E-state index in [9.17, 15) is 20.1 Å². The normalized spacial score (nSPS) is 48.8. The first-order valence-corrected chi connectivity index (χ1v) is 7.16. The lowest BCUT2D eigenvalue weighted by atomic mass is 9.56. The molecule has 4 heteroatoms. The lowest BCUT2D eigenvalue weighted by molar-refractivity contribution is -0.197. The average molecular weight is 270 g/mol. The van der Waals surface area contributed by atoms with Gasteiger partial charge in [0.2, 0.25) is 0 Å². The monoisotopic (exact) mass is 270 g/mol. The summed E-state index contributed by atoms with van der Waals surface area (Å²) < 4.78 is 0. The van der Waals surface area contributed by atoms with Gasteiger partial charge in [-0.1, -0.05) is 27.7 Å². The third-order valence-electron chi connectivity index (χ3n) is 5.86. The highest BCUT2D eigenvalue weighted by Crippen LogP contribution is 2.66. The van der Waals surface area contributed by atoms with Crippen molar-refractivity contribution < 1.29 is 20.1 Å². The quantitative estimate of drug-likeness (QED) is 0.716. The number of carboxylic acids is 1. The van der Waals surface area contributed by atoms with Crippen molar-refractivity contribution >= 4 is 5.97 Å². The fourth-order valence-corrected chi connectivity index (χ4v) is 5.13. The number of fused-ring (bicyclic) bond motifs is 1. The zero-order valence-corrected chi connectivity index (χ0v) is 12.3. The van der Waals surface area contributed by atoms with Gasteiger partial charge >= 0.3 is 5.97 Å². The van der Waals surface area contributed by atoms with Crippen LogP contribution in [0, 0.1) is 28.6 Å². The van der Waals surface area contributed by atoms with Gasteiger partial charge in [-0.05, 0) is 36.5 Å². The van der Waals surface area contributed by atoms with Gasteiger partial charge in [0, 0.05) is 5.41 Å². The van der Waals surface area contributed by atoms with Crippen LogP contribution in [0.15, 0.2) is 0 Å². The number of hydrogen-bond donors (Lipinski definition) is 3. The van der Waals surface area contributed by atoms with E-state index >= 15 is 0 Å². The summed E-state index contributed by atoms with van der Waals surface area (Å²) in [6, 6.07) is 0. The Labute approximate surface area is 114 Å². The van der Waals surface area contributed by atoms with Gasteiger partial charge in [0.1, 0.15) is 0 Å². The van der Waals surface area contributed by atoms with Crippen molar-refractivity contribution in [1.29, 1.82) is 0 Å². The first kappa shape index (κ1) is 14.8. The summed E-state index contributed by atoms with van der Waals surface area (Å²) >= 11 is 0. The molecule has 2 rings (SSSR count). The lowest BCUT2D eigenvalue weighted by Gasteiger charge is -2.51. The van der Waals surface area contributed by atoms with Crippen LogP contribution in [0.1, 0.15) is 47.0 Å². The summed E-state index contributed by atoms with van der Waals surface area (Å²) in [4.78, 5) is 11.7. The first-order valence-electron chi connectivity index (χ1n) is 7.16. The van der Waals surface area contributed by atoms with Gasteiger partial charge in [0.05, 0.1) is 18.1 Å². The van der Waals surface area contributed by atoms with E-state index in [0.29, 0.717) is 6.42 Å². The summed E-state index contributed by atoms with van der Waals surface area (Å²) in [6.45, 7) is 7.73. The van der Waals surface area contributed by atoms with Crippen LogP contribution >= 0.6 is 0 Å². The minimum absolute atomic E-state index is 0.0569. The van der Waals surface area contributed by atoms with Crippen molar-refractivity contribution in [1.82, 2.24) is 0 Å². The van der Waals surface area contributed by atoms with E-state index in [0.717, 1.165) is 12.8 Å². The molecule has 0 aliphatic heterocycles. The van der Waals surface area contributed by atoms with Crippen LogP contribution in [0.2, 0.25) is 0 Å². The van der Waals surface area contributed by atoms with E-state index in [-0.39, 0.29) is 23.9 Å². The molecule has 0 radical (unpaired) electrons. The molecule has 0 unspecified atom stereocenters.